The van der Waals surface area contributed by atoms with Crippen LogP contribution in [0.1, 0.15) is 36.8 Å². The van der Waals surface area contributed by atoms with Gasteiger partial charge in [0, 0.05) is 31.6 Å². The third-order valence-corrected chi connectivity index (χ3v) is 5.65. The Bertz CT molecular complexity index is 384. The lowest BCUT2D eigenvalue weighted by Crippen LogP contribution is -2.33. The molecule has 2 saturated heterocycles. The van der Waals surface area contributed by atoms with Crippen molar-refractivity contribution in [3.63, 3.8) is 0 Å². The number of ether oxygens (including phenoxy) is 2. The highest BCUT2D eigenvalue weighted by molar-refractivity contribution is 7.99. The summed E-state index contributed by atoms with van der Waals surface area (Å²) in [6, 6.07) is 9.55. The molecule has 0 aliphatic carbocycles. The average Bonchev–Trinajstić information content (AvgIpc) is 2.61. The second-order valence-corrected chi connectivity index (χ2v) is 7.38. The lowest BCUT2D eigenvalue weighted by atomic mass is 10.1. The van der Waals surface area contributed by atoms with Gasteiger partial charge in [0.15, 0.2) is 0 Å². The van der Waals surface area contributed by atoms with Crippen LogP contribution in [0.3, 0.4) is 0 Å². The zero-order valence-corrected chi connectivity index (χ0v) is 14.1. The summed E-state index contributed by atoms with van der Waals surface area (Å²) in [6.07, 6.45) is 5.11. The number of hydrogen-bond acceptors (Lipinski definition) is 4. The van der Waals surface area contributed by atoms with E-state index in [2.05, 4.69) is 41.3 Å². The van der Waals surface area contributed by atoms with Crippen LogP contribution >= 0.6 is 11.8 Å². The zero-order chi connectivity index (χ0) is 15.0. The minimum absolute atomic E-state index is 0.374. The Morgan fingerprint density at radius 3 is 2.59 bits per heavy atom. The summed E-state index contributed by atoms with van der Waals surface area (Å²) in [5.74, 6) is 2.59. The molecular weight excluding hydrogens is 294 g/mol. The first kappa shape index (κ1) is 16.3. The highest BCUT2D eigenvalue weighted by Gasteiger charge is 2.14. The molecule has 2 fully saturated rings. The summed E-state index contributed by atoms with van der Waals surface area (Å²) in [5, 5.41) is 3.68. The minimum Gasteiger partial charge on any atom is -0.381 e. The van der Waals surface area contributed by atoms with Crippen molar-refractivity contribution in [2.75, 3.05) is 24.7 Å². The van der Waals surface area contributed by atoms with E-state index in [0.717, 1.165) is 39.2 Å². The topological polar surface area (TPSA) is 30.5 Å². The fourth-order valence-electron chi connectivity index (χ4n) is 2.97. The van der Waals surface area contributed by atoms with Crippen LogP contribution in [0.25, 0.3) is 0 Å². The van der Waals surface area contributed by atoms with Crippen molar-refractivity contribution in [1.82, 2.24) is 5.32 Å². The Morgan fingerprint density at radius 2 is 1.86 bits per heavy atom. The molecule has 122 valence electrons. The SMILES string of the molecule is c1cc(COC2CCOCC2)ccc1CN[C@@H]1CCCSC1. The Kier molecular flexibility index (Phi) is 6.61. The van der Waals surface area contributed by atoms with Gasteiger partial charge in [0.2, 0.25) is 0 Å². The predicted octanol–water partition coefficient (Wildman–Crippen LogP) is 3.37. The summed E-state index contributed by atoms with van der Waals surface area (Å²) in [4.78, 5) is 0. The summed E-state index contributed by atoms with van der Waals surface area (Å²) in [5.41, 5.74) is 2.63. The Hall–Kier alpha value is -0.550. The molecule has 0 unspecified atom stereocenters. The first-order valence-electron chi connectivity index (χ1n) is 8.48. The van der Waals surface area contributed by atoms with Crippen molar-refractivity contribution < 1.29 is 9.47 Å². The second-order valence-electron chi connectivity index (χ2n) is 6.23. The van der Waals surface area contributed by atoms with Gasteiger partial charge in [-0.3, -0.25) is 0 Å². The first-order chi connectivity index (χ1) is 10.9. The molecule has 2 aliphatic rings. The highest BCUT2D eigenvalue weighted by Crippen LogP contribution is 2.18. The predicted molar refractivity (Wildman–Crippen MR) is 92.3 cm³/mol. The third-order valence-electron chi connectivity index (χ3n) is 4.43. The number of benzene rings is 1. The standard InChI is InChI=1S/C18H27NO2S/c1-2-17(14-22-11-1)19-12-15-3-5-16(6-4-15)13-21-18-7-9-20-10-8-18/h3-6,17-19H,1-2,7-14H2/t17-/m1/s1. The summed E-state index contributed by atoms with van der Waals surface area (Å²) < 4.78 is 11.3. The highest BCUT2D eigenvalue weighted by atomic mass is 32.2. The molecule has 3 rings (SSSR count). The molecule has 4 heteroatoms. The maximum absolute atomic E-state index is 5.97. The lowest BCUT2D eigenvalue weighted by molar-refractivity contribution is -0.0390. The number of hydrogen-bond donors (Lipinski definition) is 1. The molecule has 1 aromatic carbocycles. The lowest BCUT2D eigenvalue weighted by Gasteiger charge is -2.23. The van der Waals surface area contributed by atoms with Crippen molar-refractivity contribution in [1.29, 1.82) is 0 Å². The largest absolute Gasteiger partial charge is 0.381 e. The first-order valence-corrected chi connectivity index (χ1v) is 9.64. The number of rotatable bonds is 6. The zero-order valence-electron chi connectivity index (χ0n) is 13.3. The van der Waals surface area contributed by atoms with E-state index in [1.165, 1.54) is 35.5 Å². The van der Waals surface area contributed by atoms with Crippen molar-refractivity contribution in [3.05, 3.63) is 35.4 Å². The molecule has 2 aliphatic heterocycles. The summed E-state index contributed by atoms with van der Waals surface area (Å²) in [6.45, 7) is 3.38. The maximum atomic E-state index is 5.97. The Morgan fingerprint density at radius 1 is 1.09 bits per heavy atom. The Balaban J connectivity index is 1.39. The van der Waals surface area contributed by atoms with E-state index < -0.39 is 0 Å². The van der Waals surface area contributed by atoms with E-state index in [9.17, 15) is 0 Å². The van der Waals surface area contributed by atoms with Crippen LogP contribution in [-0.2, 0) is 22.6 Å². The van der Waals surface area contributed by atoms with Gasteiger partial charge < -0.3 is 14.8 Å². The van der Waals surface area contributed by atoms with E-state index in [-0.39, 0.29) is 0 Å². The van der Waals surface area contributed by atoms with Crippen LogP contribution in [0.5, 0.6) is 0 Å². The van der Waals surface area contributed by atoms with Crippen LogP contribution in [0.2, 0.25) is 0 Å². The normalized spacial score (nSPS) is 23.5. The smallest absolute Gasteiger partial charge is 0.0720 e. The quantitative estimate of drug-likeness (QED) is 0.870. The maximum Gasteiger partial charge on any atom is 0.0720 e. The van der Waals surface area contributed by atoms with Gasteiger partial charge in [0.1, 0.15) is 0 Å². The van der Waals surface area contributed by atoms with E-state index in [4.69, 9.17) is 9.47 Å². The molecule has 0 saturated carbocycles. The Labute approximate surface area is 138 Å². The number of thioether (sulfide) groups is 1. The van der Waals surface area contributed by atoms with E-state index in [1.54, 1.807) is 0 Å². The van der Waals surface area contributed by atoms with Crippen LogP contribution in [0.4, 0.5) is 0 Å². The molecule has 0 radical (unpaired) electrons. The van der Waals surface area contributed by atoms with Crippen molar-refractivity contribution in [3.8, 4) is 0 Å². The molecule has 0 aromatic heterocycles. The van der Waals surface area contributed by atoms with Gasteiger partial charge in [-0.25, -0.2) is 0 Å². The minimum atomic E-state index is 0.374. The van der Waals surface area contributed by atoms with Crippen LogP contribution in [-0.4, -0.2) is 36.9 Å². The van der Waals surface area contributed by atoms with Crippen LogP contribution < -0.4 is 5.32 Å². The van der Waals surface area contributed by atoms with Crippen molar-refractivity contribution >= 4 is 11.8 Å². The monoisotopic (exact) mass is 321 g/mol. The van der Waals surface area contributed by atoms with Gasteiger partial charge in [-0.05, 0) is 42.6 Å². The fourth-order valence-corrected chi connectivity index (χ4v) is 4.08. The van der Waals surface area contributed by atoms with Gasteiger partial charge in [-0.1, -0.05) is 24.3 Å². The van der Waals surface area contributed by atoms with Gasteiger partial charge in [-0.15, -0.1) is 0 Å². The van der Waals surface area contributed by atoms with E-state index in [1.807, 2.05) is 0 Å². The van der Waals surface area contributed by atoms with Gasteiger partial charge in [0.05, 0.1) is 12.7 Å². The molecule has 0 bridgehead atoms. The second kappa shape index (κ2) is 8.92. The van der Waals surface area contributed by atoms with Crippen LogP contribution in [0, 0.1) is 0 Å². The molecule has 2 heterocycles. The molecule has 0 amide bonds. The molecule has 22 heavy (non-hydrogen) atoms. The number of nitrogens with one attached hydrogen (secondary N) is 1. The van der Waals surface area contributed by atoms with Crippen molar-refractivity contribution in [2.45, 2.75) is 51.0 Å². The van der Waals surface area contributed by atoms with Crippen LogP contribution in [0.15, 0.2) is 24.3 Å². The molecular formula is C18H27NO2S. The van der Waals surface area contributed by atoms with Gasteiger partial charge in [-0.2, -0.15) is 11.8 Å². The summed E-state index contributed by atoms with van der Waals surface area (Å²) in [7, 11) is 0. The summed E-state index contributed by atoms with van der Waals surface area (Å²) >= 11 is 2.07. The molecule has 1 N–H and O–H groups in total. The van der Waals surface area contributed by atoms with Gasteiger partial charge >= 0.3 is 0 Å². The van der Waals surface area contributed by atoms with Gasteiger partial charge in [0.25, 0.3) is 0 Å². The molecule has 3 nitrogen and oxygen atoms in total. The third kappa shape index (κ3) is 5.27. The van der Waals surface area contributed by atoms with Crippen molar-refractivity contribution in [2.24, 2.45) is 0 Å². The fraction of sp³-hybridized carbons (Fsp3) is 0.667. The molecule has 0 spiro atoms. The molecule has 1 atom stereocenters. The van der Waals surface area contributed by atoms with E-state index >= 15 is 0 Å². The molecule has 1 aromatic rings. The average molecular weight is 321 g/mol. The van der Waals surface area contributed by atoms with E-state index in [0.29, 0.717) is 12.1 Å².